The highest BCUT2D eigenvalue weighted by Crippen LogP contribution is 2.22. The third-order valence-electron chi connectivity index (χ3n) is 3.57. The van der Waals surface area contributed by atoms with Gasteiger partial charge < -0.3 is 14.8 Å². The molecule has 8 heteroatoms. The SMILES string of the molecule is C[C@H](OC(=O)COCc1nc2ccccc2s1)C(=O)Nc1ccc(Cl)cc1. The molecule has 0 spiro atoms. The van der Waals surface area contributed by atoms with E-state index in [2.05, 4.69) is 10.3 Å². The molecule has 1 atom stereocenters. The number of nitrogens with zero attached hydrogens (tertiary/aromatic N) is 1. The summed E-state index contributed by atoms with van der Waals surface area (Å²) in [5, 5.41) is 3.99. The number of thiazole rings is 1. The van der Waals surface area contributed by atoms with Crippen LogP contribution in [0.15, 0.2) is 48.5 Å². The fourth-order valence-electron chi connectivity index (χ4n) is 2.27. The molecule has 0 fully saturated rings. The number of esters is 1. The largest absolute Gasteiger partial charge is 0.451 e. The second-order valence-electron chi connectivity index (χ2n) is 5.70. The van der Waals surface area contributed by atoms with Crippen molar-refractivity contribution in [3.63, 3.8) is 0 Å². The van der Waals surface area contributed by atoms with Crippen LogP contribution in [0.1, 0.15) is 11.9 Å². The minimum absolute atomic E-state index is 0.208. The van der Waals surface area contributed by atoms with Gasteiger partial charge in [0, 0.05) is 10.7 Å². The van der Waals surface area contributed by atoms with E-state index in [0.717, 1.165) is 15.2 Å². The van der Waals surface area contributed by atoms with E-state index in [1.165, 1.54) is 18.3 Å². The van der Waals surface area contributed by atoms with E-state index in [1.807, 2.05) is 24.3 Å². The van der Waals surface area contributed by atoms with E-state index in [9.17, 15) is 9.59 Å². The lowest BCUT2D eigenvalue weighted by Crippen LogP contribution is -2.31. The number of nitrogens with one attached hydrogen (secondary N) is 1. The van der Waals surface area contributed by atoms with Crippen molar-refractivity contribution in [2.75, 3.05) is 11.9 Å². The summed E-state index contributed by atoms with van der Waals surface area (Å²) < 4.78 is 11.5. The van der Waals surface area contributed by atoms with Crippen LogP contribution in [0.25, 0.3) is 10.2 Å². The van der Waals surface area contributed by atoms with Crippen LogP contribution in [-0.2, 0) is 25.7 Å². The van der Waals surface area contributed by atoms with Gasteiger partial charge in [-0.15, -0.1) is 11.3 Å². The van der Waals surface area contributed by atoms with Gasteiger partial charge >= 0.3 is 5.97 Å². The number of ether oxygens (including phenoxy) is 2. The molecule has 0 saturated carbocycles. The van der Waals surface area contributed by atoms with Gasteiger partial charge in [0.05, 0.1) is 16.8 Å². The molecule has 0 unspecified atom stereocenters. The minimum Gasteiger partial charge on any atom is -0.451 e. The molecular weight excluding hydrogens is 388 g/mol. The quantitative estimate of drug-likeness (QED) is 0.601. The number of para-hydroxylation sites is 1. The lowest BCUT2D eigenvalue weighted by atomic mass is 10.3. The maximum atomic E-state index is 12.1. The molecule has 0 aliphatic carbocycles. The molecule has 140 valence electrons. The zero-order valence-electron chi connectivity index (χ0n) is 14.5. The van der Waals surface area contributed by atoms with Gasteiger partial charge in [0.15, 0.2) is 6.10 Å². The lowest BCUT2D eigenvalue weighted by Gasteiger charge is -2.13. The Morgan fingerprint density at radius 1 is 1.19 bits per heavy atom. The summed E-state index contributed by atoms with van der Waals surface area (Å²) in [5.41, 5.74) is 1.47. The average molecular weight is 405 g/mol. The van der Waals surface area contributed by atoms with Gasteiger partial charge in [-0.3, -0.25) is 4.79 Å². The van der Waals surface area contributed by atoms with Crippen molar-refractivity contribution in [1.82, 2.24) is 4.98 Å². The maximum absolute atomic E-state index is 12.1. The number of anilines is 1. The average Bonchev–Trinajstić information content (AvgIpc) is 3.06. The number of halogens is 1. The maximum Gasteiger partial charge on any atom is 0.332 e. The number of fused-ring (bicyclic) bond motifs is 1. The van der Waals surface area contributed by atoms with Crippen LogP contribution >= 0.6 is 22.9 Å². The highest BCUT2D eigenvalue weighted by molar-refractivity contribution is 7.18. The van der Waals surface area contributed by atoms with E-state index < -0.39 is 18.0 Å². The standard InChI is InChI=1S/C19H17ClN2O4S/c1-12(19(24)21-14-8-6-13(20)7-9-14)26-18(23)11-25-10-17-22-15-4-2-3-5-16(15)27-17/h2-9,12H,10-11H2,1H3,(H,21,24)/t12-/m0/s1. The number of carbonyl (C=O) groups is 2. The van der Waals surface area contributed by atoms with Crippen molar-refractivity contribution in [2.24, 2.45) is 0 Å². The number of benzene rings is 2. The zero-order chi connectivity index (χ0) is 19.2. The normalized spacial score (nSPS) is 11.9. The highest BCUT2D eigenvalue weighted by Gasteiger charge is 2.18. The van der Waals surface area contributed by atoms with Crippen LogP contribution in [0, 0.1) is 0 Å². The van der Waals surface area contributed by atoms with Crippen molar-refractivity contribution in [3.05, 3.63) is 58.6 Å². The van der Waals surface area contributed by atoms with Crippen LogP contribution in [0.5, 0.6) is 0 Å². The van der Waals surface area contributed by atoms with Gasteiger partial charge in [-0.25, -0.2) is 9.78 Å². The molecule has 0 aliphatic heterocycles. The monoisotopic (exact) mass is 404 g/mol. The Morgan fingerprint density at radius 3 is 2.67 bits per heavy atom. The minimum atomic E-state index is -0.945. The van der Waals surface area contributed by atoms with Crippen LogP contribution in [0.2, 0.25) is 5.02 Å². The molecule has 1 heterocycles. The van der Waals surface area contributed by atoms with Crippen molar-refractivity contribution in [1.29, 1.82) is 0 Å². The fourth-order valence-corrected chi connectivity index (χ4v) is 3.30. The van der Waals surface area contributed by atoms with E-state index in [4.69, 9.17) is 21.1 Å². The Morgan fingerprint density at radius 2 is 1.93 bits per heavy atom. The predicted molar refractivity (Wildman–Crippen MR) is 105 cm³/mol. The molecule has 3 rings (SSSR count). The molecule has 3 aromatic rings. The van der Waals surface area contributed by atoms with Crippen LogP contribution in [-0.4, -0.2) is 29.6 Å². The van der Waals surface area contributed by atoms with E-state index >= 15 is 0 Å². The van der Waals surface area contributed by atoms with Gasteiger partial charge in [0.25, 0.3) is 5.91 Å². The van der Waals surface area contributed by atoms with Crippen LogP contribution in [0.4, 0.5) is 5.69 Å². The second kappa shape index (κ2) is 8.94. The summed E-state index contributed by atoms with van der Waals surface area (Å²) in [7, 11) is 0. The third kappa shape index (κ3) is 5.50. The molecule has 1 aromatic heterocycles. The summed E-state index contributed by atoms with van der Waals surface area (Å²) in [5.74, 6) is -1.05. The number of hydrogen-bond donors (Lipinski definition) is 1. The van der Waals surface area contributed by atoms with E-state index in [0.29, 0.717) is 10.7 Å². The third-order valence-corrected chi connectivity index (χ3v) is 4.83. The number of rotatable bonds is 7. The Kier molecular flexibility index (Phi) is 6.39. The first-order valence-corrected chi connectivity index (χ1v) is 9.39. The summed E-state index contributed by atoms with van der Waals surface area (Å²) in [4.78, 5) is 28.3. The Balaban J connectivity index is 1.42. The predicted octanol–water partition coefficient (Wildman–Crippen LogP) is 4.04. The molecule has 1 N–H and O–H groups in total. The smallest absolute Gasteiger partial charge is 0.332 e. The van der Waals surface area contributed by atoms with Crippen molar-refractivity contribution < 1.29 is 19.1 Å². The zero-order valence-corrected chi connectivity index (χ0v) is 16.0. The number of aromatic nitrogens is 1. The molecular formula is C19H17ClN2O4S. The first-order chi connectivity index (χ1) is 13.0. The van der Waals surface area contributed by atoms with Crippen molar-refractivity contribution in [3.8, 4) is 0 Å². The Labute approximate surface area is 165 Å². The molecule has 27 heavy (non-hydrogen) atoms. The number of carbonyl (C=O) groups excluding carboxylic acids is 2. The second-order valence-corrected chi connectivity index (χ2v) is 7.25. The first kappa shape index (κ1) is 19.3. The fraction of sp³-hybridized carbons (Fsp3) is 0.211. The van der Waals surface area contributed by atoms with Gasteiger partial charge in [0.2, 0.25) is 0 Å². The van der Waals surface area contributed by atoms with Gasteiger partial charge in [-0.05, 0) is 43.3 Å². The summed E-state index contributed by atoms with van der Waals surface area (Å²) in [6, 6.07) is 14.4. The first-order valence-electron chi connectivity index (χ1n) is 8.19. The van der Waals surface area contributed by atoms with Crippen molar-refractivity contribution in [2.45, 2.75) is 19.6 Å². The number of hydrogen-bond acceptors (Lipinski definition) is 6. The van der Waals surface area contributed by atoms with Gasteiger partial charge in [0.1, 0.15) is 11.6 Å². The summed E-state index contributed by atoms with van der Waals surface area (Å²) in [6.07, 6.45) is -0.945. The van der Waals surface area contributed by atoms with Gasteiger partial charge in [-0.2, -0.15) is 0 Å². The molecule has 0 aliphatic rings. The van der Waals surface area contributed by atoms with Crippen LogP contribution < -0.4 is 5.32 Å². The van der Waals surface area contributed by atoms with Gasteiger partial charge in [-0.1, -0.05) is 23.7 Å². The highest BCUT2D eigenvalue weighted by atomic mass is 35.5. The van der Waals surface area contributed by atoms with E-state index in [-0.39, 0.29) is 13.2 Å². The summed E-state index contributed by atoms with van der Waals surface area (Å²) in [6.45, 7) is 1.45. The molecule has 0 bridgehead atoms. The Hall–Kier alpha value is -2.48. The Bertz CT molecular complexity index is 909. The van der Waals surface area contributed by atoms with E-state index in [1.54, 1.807) is 24.3 Å². The molecule has 0 radical (unpaired) electrons. The topological polar surface area (TPSA) is 77.5 Å². The van der Waals surface area contributed by atoms with Crippen LogP contribution in [0.3, 0.4) is 0 Å². The molecule has 2 aromatic carbocycles. The summed E-state index contributed by atoms with van der Waals surface area (Å²) >= 11 is 7.30. The molecule has 0 saturated heterocycles. The molecule has 6 nitrogen and oxygen atoms in total. The lowest BCUT2D eigenvalue weighted by molar-refractivity contribution is -0.157. The number of amides is 1. The van der Waals surface area contributed by atoms with Crippen molar-refractivity contribution >= 4 is 50.7 Å². The molecule has 1 amide bonds.